The van der Waals surface area contributed by atoms with Crippen molar-refractivity contribution >= 4 is 11.6 Å². The van der Waals surface area contributed by atoms with Crippen molar-refractivity contribution in [3.05, 3.63) is 65.0 Å². The van der Waals surface area contributed by atoms with E-state index >= 15 is 0 Å². The van der Waals surface area contributed by atoms with Crippen molar-refractivity contribution < 1.29 is 9.18 Å². The second-order valence-corrected chi connectivity index (χ2v) is 5.02. The van der Waals surface area contributed by atoms with Crippen LogP contribution in [0.15, 0.2) is 42.5 Å². The minimum absolute atomic E-state index is 0.173. The fourth-order valence-corrected chi connectivity index (χ4v) is 2.08. The molecule has 2 N–H and O–H groups in total. The number of nitrogen functional groups attached to an aromatic ring is 1. The number of halogens is 1. The van der Waals surface area contributed by atoms with E-state index in [1.165, 1.54) is 6.07 Å². The predicted molar refractivity (Wildman–Crippen MR) is 82.4 cm³/mol. The summed E-state index contributed by atoms with van der Waals surface area (Å²) in [5.74, 6) is -0.530. The number of carbonyl (C=O) groups is 1. The van der Waals surface area contributed by atoms with Crippen LogP contribution in [-0.4, -0.2) is 17.4 Å². The Morgan fingerprint density at radius 3 is 2.43 bits per heavy atom. The molecule has 2 aromatic carbocycles. The SMILES string of the molecule is CCN(Cc1ccc(N)cc1)C(=O)c1ccc(C)c(F)c1. The monoisotopic (exact) mass is 286 g/mol. The van der Waals surface area contributed by atoms with Gasteiger partial charge in [-0.1, -0.05) is 18.2 Å². The number of rotatable bonds is 4. The van der Waals surface area contributed by atoms with Gasteiger partial charge in [0.2, 0.25) is 0 Å². The van der Waals surface area contributed by atoms with Crippen LogP contribution in [0.5, 0.6) is 0 Å². The van der Waals surface area contributed by atoms with Crippen LogP contribution in [0, 0.1) is 12.7 Å². The molecular formula is C17H19FN2O. The summed E-state index contributed by atoms with van der Waals surface area (Å²) in [7, 11) is 0. The van der Waals surface area contributed by atoms with E-state index in [1.807, 2.05) is 19.1 Å². The smallest absolute Gasteiger partial charge is 0.254 e. The first-order valence-corrected chi connectivity index (χ1v) is 6.91. The molecule has 1 amide bonds. The molecule has 0 unspecified atom stereocenters. The third-order valence-electron chi connectivity index (χ3n) is 3.44. The third-order valence-corrected chi connectivity index (χ3v) is 3.44. The summed E-state index contributed by atoms with van der Waals surface area (Å²) in [6, 6.07) is 12.0. The highest BCUT2D eigenvalue weighted by Gasteiger charge is 2.15. The van der Waals surface area contributed by atoms with Gasteiger partial charge in [-0.05, 0) is 49.2 Å². The van der Waals surface area contributed by atoms with E-state index in [9.17, 15) is 9.18 Å². The summed E-state index contributed by atoms with van der Waals surface area (Å²) in [5, 5.41) is 0. The summed E-state index contributed by atoms with van der Waals surface area (Å²) >= 11 is 0. The molecule has 0 radical (unpaired) electrons. The second kappa shape index (κ2) is 6.39. The van der Waals surface area contributed by atoms with E-state index in [-0.39, 0.29) is 11.7 Å². The predicted octanol–water partition coefficient (Wildman–Crippen LogP) is 3.38. The molecule has 0 saturated carbocycles. The maximum absolute atomic E-state index is 13.6. The van der Waals surface area contributed by atoms with Gasteiger partial charge in [-0.25, -0.2) is 4.39 Å². The van der Waals surface area contributed by atoms with Gasteiger partial charge < -0.3 is 10.6 Å². The largest absolute Gasteiger partial charge is 0.399 e. The normalized spacial score (nSPS) is 10.4. The van der Waals surface area contributed by atoms with Crippen LogP contribution in [0.4, 0.5) is 10.1 Å². The molecule has 4 heteroatoms. The van der Waals surface area contributed by atoms with Gasteiger partial charge in [0.25, 0.3) is 5.91 Å². The lowest BCUT2D eigenvalue weighted by atomic mass is 10.1. The molecule has 0 bridgehead atoms. The van der Waals surface area contributed by atoms with Gasteiger partial charge >= 0.3 is 0 Å². The Labute approximate surface area is 124 Å². The molecule has 110 valence electrons. The lowest BCUT2D eigenvalue weighted by molar-refractivity contribution is 0.0752. The van der Waals surface area contributed by atoms with E-state index in [1.54, 1.807) is 36.1 Å². The van der Waals surface area contributed by atoms with Crippen molar-refractivity contribution in [3.63, 3.8) is 0 Å². The molecule has 2 rings (SSSR count). The molecule has 0 aliphatic rings. The maximum Gasteiger partial charge on any atom is 0.254 e. The van der Waals surface area contributed by atoms with Gasteiger partial charge in [0.05, 0.1) is 0 Å². The van der Waals surface area contributed by atoms with Crippen LogP contribution in [0.3, 0.4) is 0 Å². The fourth-order valence-electron chi connectivity index (χ4n) is 2.08. The van der Waals surface area contributed by atoms with Crippen molar-refractivity contribution in [2.45, 2.75) is 20.4 Å². The van der Waals surface area contributed by atoms with Gasteiger partial charge in [0, 0.05) is 24.3 Å². The van der Waals surface area contributed by atoms with Crippen molar-refractivity contribution in [3.8, 4) is 0 Å². The van der Waals surface area contributed by atoms with Gasteiger partial charge in [0.1, 0.15) is 5.82 Å². The maximum atomic E-state index is 13.6. The molecular weight excluding hydrogens is 267 g/mol. The molecule has 21 heavy (non-hydrogen) atoms. The number of anilines is 1. The Morgan fingerprint density at radius 1 is 1.19 bits per heavy atom. The van der Waals surface area contributed by atoms with E-state index in [0.29, 0.717) is 29.9 Å². The number of nitrogens with two attached hydrogens (primary N) is 1. The minimum Gasteiger partial charge on any atom is -0.399 e. The summed E-state index contributed by atoms with van der Waals surface area (Å²) in [5.41, 5.74) is 8.24. The molecule has 0 atom stereocenters. The molecule has 0 aromatic heterocycles. The van der Waals surface area contributed by atoms with Gasteiger partial charge in [-0.2, -0.15) is 0 Å². The quantitative estimate of drug-likeness (QED) is 0.876. The van der Waals surface area contributed by atoms with Crippen LogP contribution in [-0.2, 0) is 6.54 Å². The fraction of sp³-hybridized carbons (Fsp3) is 0.235. The Morgan fingerprint density at radius 2 is 1.86 bits per heavy atom. The number of carbonyl (C=O) groups excluding carboxylic acids is 1. The van der Waals surface area contributed by atoms with Crippen LogP contribution in [0.2, 0.25) is 0 Å². The van der Waals surface area contributed by atoms with E-state index < -0.39 is 0 Å². The summed E-state index contributed by atoms with van der Waals surface area (Å²) in [6.07, 6.45) is 0. The highest BCUT2D eigenvalue weighted by molar-refractivity contribution is 5.94. The zero-order valence-corrected chi connectivity index (χ0v) is 12.3. The number of hydrogen-bond acceptors (Lipinski definition) is 2. The van der Waals surface area contributed by atoms with Crippen LogP contribution in [0.25, 0.3) is 0 Å². The molecule has 0 fully saturated rings. The third kappa shape index (κ3) is 3.60. The molecule has 0 aliphatic heterocycles. The van der Waals surface area contributed by atoms with Gasteiger partial charge in [-0.3, -0.25) is 4.79 Å². The van der Waals surface area contributed by atoms with Crippen molar-refractivity contribution in [2.75, 3.05) is 12.3 Å². The molecule has 0 spiro atoms. The Hall–Kier alpha value is -2.36. The van der Waals surface area contributed by atoms with Gasteiger partial charge in [0.15, 0.2) is 0 Å². The number of nitrogens with zero attached hydrogens (tertiary/aromatic N) is 1. The van der Waals surface area contributed by atoms with Crippen molar-refractivity contribution in [1.82, 2.24) is 4.90 Å². The van der Waals surface area contributed by atoms with E-state index in [0.717, 1.165) is 5.56 Å². The Bertz CT molecular complexity index is 638. The van der Waals surface area contributed by atoms with Crippen LogP contribution < -0.4 is 5.73 Å². The molecule has 0 saturated heterocycles. The average molecular weight is 286 g/mol. The highest BCUT2D eigenvalue weighted by Crippen LogP contribution is 2.14. The highest BCUT2D eigenvalue weighted by atomic mass is 19.1. The zero-order valence-electron chi connectivity index (χ0n) is 12.3. The van der Waals surface area contributed by atoms with Gasteiger partial charge in [-0.15, -0.1) is 0 Å². The Kier molecular flexibility index (Phi) is 4.58. The van der Waals surface area contributed by atoms with Crippen LogP contribution >= 0.6 is 0 Å². The number of amides is 1. The molecule has 0 aliphatic carbocycles. The molecule has 2 aromatic rings. The van der Waals surface area contributed by atoms with Crippen molar-refractivity contribution in [1.29, 1.82) is 0 Å². The molecule has 3 nitrogen and oxygen atoms in total. The van der Waals surface area contributed by atoms with Crippen LogP contribution in [0.1, 0.15) is 28.4 Å². The summed E-state index contributed by atoms with van der Waals surface area (Å²) in [4.78, 5) is 14.1. The van der Waals surface area contributed by atoms with E-state index in [4.69, 9.17) is 5.73 Å². The first-order valence-electron chi connectivity index (χ1n) is 6.91. The zero-order chi connectivity index (χ0) is 15.4. The number of benzene rings is 2. The first-order chi connectivity index (χ1) is 10.0. The number of aryl methyl sites for hydroxylation is 1. The molecule has 0 heterocycles. The summed E-state index contributed by atoms with van der Waals surface area (Å²) in [6.45, 7) is 4.61. The van der Waals surface area contributed by atoms with E-state index in [2.05, 4.69) is 0 Å². The average Bonchev–Trinajstić information content (AvgIpc) is 2.49. The lowest BCUT2D eigenvalue weighted by Gasteiger charge is -2.21. The topological polar surface area (TPSA) is 46.3 Å². The Balaban J connectivity index is 2.18. The lowest BCUT2D eigenvalue weighted by Crippen LogP contribution is -2.30. The number of hydrogen-bond donors (Lipinski definition) is 1. The summed E-state index contributed by atoms with van der Waals surface area (Å²) < 4.78 is 13.6. The standard InChI is InChI=1S/C17H19FN2O/c1-3-20(11-13-5-8-15(19)9-6-13)17(21)14-7-4-12(2)16(18)10-14/h4-10H,3,11,19H2,1-2H3. The minimum atomic E-state index is -0.357. The first kappa shape index (κ1) is 15.0. The second-order valence-electron chi connectivity index (χ2n) is 5.02. The van der Waals surface area contributed by atoms with Crippen molar-refractivity contribution in [2.24, 2.45) is 0 Å².